The van der Waals surface area contributed by atoms with Crippen LogP contribution in [0.3, 0.4) is 0 Å². The van der Waals surface area contributed by atoms with E-state index in [1.54, 1.807) is 0 Å². The van der Waals surface area contributed by atoms with Gasteiger partial charge in [0.25, 0.3) is 0 Å². The van der Waals surface area contributed by atoms with Gasteiger partial charge in [-0.3, -0.25) is 4.90 Å². The van der Waals surface area contributed by atoms with E-state index in [0.717, 1.165) is 18.7 Å². The van der Waals surface area contributed by atoms with Gasteiger partial charge in [0.05, 0.1) is 12.2 Å². The van der Waals surface area contributed by atoms with Gasteiger partial charge in [-0.15, -0.1) is 0 Å². The Labute approximate surface area is 110 Å². The van der Waals surface area contributed by atoms with Crippen molar-refractivity contribution in [3.8, 4) is 6.07 Å². The maximum Gasteiger partial charge on any atom is 0.0916 e. The van der Waals surface area contributed by atoms with E-state index in [1.165, 1.54) is 0 Å². The zero-order chi connectivity index (χ0) is 13.4. The van der Waals surface area contributed by atoms with Crippen molar-refractivity contribution in [2.45, 2.75) is 26.4 Å². The average molecular weight is 246 g/mol. The van der Waals surface area contributed by atoms with E-state index in [9.17, 15) is 5.11 Å². The summed E-state index contributed by atoms with van der Waals surface area (Å²) >= 11 is 0. The highest BCUT2D eigenvalue weighted by Gasteiger charge is 2.14. The molecule has 1 aromatic carbocycles. The SMILES string of the molecule is CC(C)CN(CCC#N)CC(O)c1ccccc1. The molecule has 1 N–H and O–H groups in total. The van der Waals surface area contributed by atoms with E-state index in [4.69, 9.17) is 5.26 Å². The smallest absolute Gasteiger partial charge is 0.0916 e. The summed E-state index contributed by atoms with van der Waals surface area (Å²) in [7, 11) is 0. The lowest BCUT2D eigenvalue weighted by Gasteiger charge is -2.26. The van der Waals surface area contributed by atoms with Crippen LogP contribution in [0, 0.1) is 17.2 Å². The Morgan fingerprint density at radius 2 is 1.89 bits per heavy atom. The molecule has 1 unspecified atom stereocenters. The van der Waals surface area contributed by atoms with Crippen molar-refractivity contribution < 1.29 is 5.11 Å². The first-order chi connectivity index (χ1) is 8.63. The molecule has 1 aromatic rings. The van der Waals surface area contributed by atoms with Crippen LogP contribution in [-0.4, -0.2) is 29.6 Å². The summed E-state index contributed by atoms with van der Waals surface area (Å²) in [5.74, 6) is 0.534. The van der Waals surface area contributed by atoms with Crippen molar-refractivity contribution >= 4 is 0 Å². The molecule has 0 heterocycles. The monoisotopic (exact) mass is 246 g/mol. The molecule has 98 valence electrons. The molecule has 0 aliphatic heterocycles. The molecule has 3 heteroatoms. The first-order valence-corrected chi connectivity index (χ1v) is 6.45. The lowest BCUT2D eigenvalue weighted by atomic mass is 10.1. The normalized spacial score (nSPS) is 12.7. The molecule has 0 aromatic heterocycles. The van der Waals surface area contributed by atoms with Crippen LogP contribution in [0.1, 0.15) is 31.9 Å². The maximum atomic E-state index is 10.2. The topological polar surface area (TPSA) is 47.3 Å². The van der Waals surface area contributed by atoms with Gasteiger partial charge in [-0.2, -0.15) is 5.26 Å². The fourth-order valence-electron chi connectivity index (χ4n) is 2.01. The highest BCUT2D eigenvalue weighted by molar-refractivity contribution is 5.17. The molecule has 0 radical (unpaired) electrons. The second kappa shape index (κ2) is 7.86. The quantitative estimate of drug-likeness (QED) is 0.804. The van der Waals surface area contributed by atoms with Gasteiger partial charge >= 0.3 is 0 Å². The molecule has 3 nitrogen and oxygen atoms in total. The summed E-state index contributed by atoms with van der Waals surface area (Å²) in [6.07, 6.45) is 0.0254. The number of benzene rings is 1. The number of hydrogen-bond donors (Lipinski definition) is 1. The van der Waals surface area contributed by atoms with Crippen molar-refractivity contribution in [3.05, 3.63) is 35.9 Å². The number of rotatable bonds is 7. The Hall–Kier alpha value is -1.37. The van der Waals surface area contributed by atoms with Crippen molar-refractivity contribution in [3.63, 3.8) is 0 Å². The van der Waals surface area contributed by atoms with E-state index in [2.05, 4.69) is 24.8 Å². The molecule has 0 spiro atoms. The van der Waals surface area contributed by atoms with Crippen LogP contribution in [0.15, 0.2) is 30.3 Å². The third kappa shape index (κ3) is 5.31. The molecule has 0 fully saturated rings. The Balaban J connectivity index is 2.56. The molecule has 0 bridgehead atoms. The Morgan fingerprint density at radius 3 is 2.44 bits per heavy atom. The number of aliphatic hydroxyl groups is 1. The zero-order valence-corrected chi connectivity index (χ0v) is 11.2. The van der Waals surface area contributed by atoms with Crippen molar-refractivity contribution in [1.82, 2.24) is 4.90 Å². The fourth-order valence-corrected chi connectivity index (χ4v) is 2.01. The summed E-state index contributed by atoms with van der Waals surface area (Å²) < 4.78 is 0. The van der Waals surface area contributed by atoms with Crippen LogP contribution in [-0.2, 0) is 0 Å². The van der Waals surface area contributed by atoms with Gasteiger partial charge in [-0.1, -0.05) is 44.2 Å². The molecular weight excluding hydrogens is 224 g/mol. The van der Waals surface area contributed by atoms with Gasteiger partial charge in [-0.05, 0) is 11.5 Å². The summed E-state index contributed by atoms with van der Waals surface area (Å²) in [4.78, 5) is 2.16. The minimum absolute atomic E-state index is 0.483. The van der Waals surface area contributed by atoms with Crippen molar-refractivity contribution in [2.24, 2.45) is 5.92 Å². The van der Waals surface area contributed by atoms with Crippen LogP contribution in [0.25, 0.3) is 0 Å². The summed E-state index contributed by atoms with van der Waals surface area (Å²) in [6, 6.07) is 11.8. The highest BCUT2D eigenvalue weighted by atomic mass is 16.3. The Morgan fingerprint density at radius 1 is 1.22 bits per heavy atom. The molecule has 0 aliphatic carbocycles. The van der Waals surface area contributed by atoms with E-state index >= 15 is 0 Å². The van der Waals surface area contributed by atoms with E-state index in [1.807, 2.05) is 30.3 Å². The minimum atomic E-state index is -0.483. The average Bonchev–Trinajstić information content (AvgIpc) is 2.36. The van der Waals surface area contributed by atoms with Gasteiger partial charge in [-0.25, -0.2) is 0 Å². The van der Waals surface area contributed by atoms with E-state index in [0.29, 0.717) is 18.9 Å². The van der Waals surface area contributed by atoms with Crippen LogP contribution >= 0.6 is 0 Å². The lowest BCUT2D eigenvalue weighted by Crippen LogP contribution is -2.32. The molecule has 0 saturated carbocycles. The van der Waals surface area contributed by atoms with Crippen LogP contribution in [0.2, 0.25) is 0 Å². The van der Waals surface area contributed by atoms with Crippen LogP contribution < -0.4 is 0 Å². The van der Waals surface area contributed by atoms with E-state index < -0.39 is 6.10 Å². The van der Waals surface area contributed by atoms with Crippen LogP contribution in [0.5, 0.6) is 0 Å². The largest absolute Gasteiger partial charge is 0.387 e. The summed E-state index contributed by atoms with van der Waals surface area (Å²) in [5.41, 5.74) is 0.934. The van der Waals surface area contributed by atoms with Gasteiger partial charge < -0.3 is 5.11 Å². The third-order valence-electron chi connectivity index (χ3n) is 2.78. The molecule has 1 atom stereocenters. The number of aliphatic hydroxyl groups excluding tert-OH is 1. The molecule has 1 rings (SSSR count). The first-order valence-electron chi connectivity index (χ1n) is 6.45. The van der Waals surface area contributed by atoms with Crippen molar-refractivity contribution in [2.75, 3.05) is 19.6 Å². The fraction of sp³-hybridized carbons (Fsp3) is 0.533. The standard InChI is InChI=1S/C15H22N2O/c1-13(2)11-17(10-6-9-16)12-15(18)14-7-4-3-5-8-14/h3-5,7-8,13,15,18H,6,10-12H2,1-2H3. The van der Waals surface area contributed by atoms with Gasteiger partial charge in [0.1, 0.15) is 0 Å². The predicted octanol–water partition coefficient (Wildman–Crippen LogP) is 2.59. The van der Waals surface area contributed by atoms with Gasteiger partial charge in [0.2, 0.25) is 0 Å². The van der Waals surface area contributed by atoms with E-state index in [-0.39, 0.29) is 0 Å². The molecule has 18 heavy (non-hydrogen) atoms. The van der Waals surface area contributed by atoms with Crippen LogP contribution in [0.4, 0.5) is 0 Å². The maximum absolute atomic E-state index is 10.2. The third-order valence-corrected chi connectivity index (χ3v) is 2.78. The number of nitriles is 1. The first kappa shape index (κ1) is 14.7. The Kier molecular flexibility index (Phi) is 6.42. The second-order valence-corrected chi connectivity index (χ2v) is 4.99. The van der Waals surface area contributed by atoms with Gasteiger partial charge in [0, 0.05) is 26.1 Å². The predicted molar refractivity (Wildman–Crippen MR) is 72.9 cm³/mol. The molecule has 0 aliphatic rings. The Bertz CT molecular complexity index is 370. The summed E-state index contributed by atoms with van der Waals surface area (Å²) in [5, 5.41) is 18.8. The molecule has 0 saturated heterocycles. The van der Waals surface area contributed by atoms with Crippen molar-refractivity contribution in [1.29, 1.82) is 5.26 Å². The van der Waals surface area contributed by atoms with Gasteiger partial charge in [0.15, 0.2) is 0 Å². The lowest BCUT2D eigenvalue weighted by molar-refractivity contribution is 0.107. The minimum Gasteiger partial charge on any atom is -0.387 e. The summed E-state index contributed by atoms with van der Waals surface area (Å²) in [6.45, 7) is 6.51. The molecule has 0 amide bonds. The molecular formula is C15H22N2O. The number of nitrogens with zero attached hydrogens (tertiary/aromatic N) is 2. The highest BCUT2D eigenvalue weighted by Crippen LogP contribution is 2.14. The second-order valence-electron chi connectivity index (χ2n) is 4.99. The number of hydrogen-bond acceptors (Lipinski definition) is 3. The zero-order valence-electron chi connectivity index (χ0n) is 11.2.